The number of rotatable bonds is 4. The molecule has 1 aromatic carbocycles. The summed E-state index contributed by atoms with van der Waals surface area (Å²) in [6, 6.07) is 5.81. The molecule has 2 aromatic rings. The summed E-state index contributed by atoms with van der Waals surface area (Å²) in [7, 11) is 1.23. The van der Waals surface area contributed by atoms with Gasteiger partial charge in [-0.25, -0.2) is 9.78 Å². The van der Waals surface area contributed by atoms with E-state index in [1.165, 1.54) is 35.9 Å². The highest BCUT2D eigenvalue weighted by atomic mass is 19.3. The van der Waals surface area contributed by atoms with Crippen LogP contribution in [0.2, 0.25) is 0 Å². The fourth-order valence-electron chi connectivity index (χ4n) is 1.90. The van der Waals surface area contributed by atoms with Crippen LogP contribution in [0.3, 0.4) is 0 Å². The fraction of sp³-hybridized carbons (Fsp3) is 0.231. The Morgan fingerprint density at radius 1 is 1.33 bits per heavy atom. The number of halogens is 2. The van der Waals surface area contributed by atoms with Gasteiger partial charge in [-0.1, -0.05) is 0 Å². The van der Waals surface area contributed by atoms with Gasteiger partial charge in [-0.15, -0.1) is 0 Å². The van der Waals surface area contributed by atoms with E-state index in [0.29, 0.717) is 11.5 Å². The summed E-state index contributed by atoms with van der Waals surface area (Å²) in [5, 5.41) is 0. The van der Waals surface area contributed by atoms with Crippen LogP contribution in [-0.2, 0) is 4.74 Å². The molecule has 0 saturated carbocycles. The Labute approximate surface area is 119 Å². The van der Waals surface area contributed by atoms with Crippen LogP contribution >= 0.6 is 0 Å². The van der Waals surface area contributed by atoms with E-state index in [1.54, 1.807) is 6.92 Å². The van der Waals surface area contributed by atoms with Crippen molar-refractivity contribution in [3.05, 3.63) is 35.8 Å². The Morgan fingerprint density at radius 3 is 2.48 bits per heavy atom. The number of imidazole rings is 1. The number of nitrogen functional groups attached to an aromatic ring is 1. The fourth-order valence-corrected chi connectivity index (χ4v) is 1.90. The third-order valence-corrected chi connectivity index (χ3v) is 2.78. The lowest BCUT2D eigenvalue weighted by molar-refractivity contribution is -0.0498. The van der Waals surface area contributed by atoms with E-state index < -0.39 is 12.6 Å². The molecule has 0 saturated heterocycles. The number of ether oxygens (including phenoxy) is 2. The number of aryl methyl sites for hydroxylation is 1. The first-order valence-electron chi connectivity index (χ1n) is 5.92. The predicted molar refractivity (Wildman–Crippen MR) is 70.7 cm³/mol. The second-order valence-corrected chi connectivity index (χ2v) is 4.09. The normalized spacial score (nSPS) is 10.7. The average molecular weight is 297 g/mol. The van der Waals surface area contributed by atoms with Crippen molar-refractivity contribution in [3.8, 4) is 11.4 Å². The maximum Gasteiger partial charge on any atom is 0.387 e. The molecule has 6 nitrogen and oxygen atoms in total. The second-order valence-electron chi connectivity index (χ2n) is 4.09. The van der Waals surface area contributed by atoms with Gasteiger partial charge in [0, 0.05) is 5.69 Å². The Morgan fingerprint density at radius 2 is 1.95 bits per heavy atom. The SMILES string of the molecule is COC(=O)c1nc(C)n(-c2ccc(OC(F)F)cc2)c1N. The molecule has 0 amide bonds. The molecule has 1 aromatic heterocycles. The molecular weight excluding hydrogens is 284 g/mol. The topological polar surface area (TPSA) is 79.4 Å². The van der Waals surface area contributed by atoms with E-state index in [9.17, 15) is 13.6 Å². The molecule has 0 atom stereocenters. The van der Waals surface area contributed by atoms with Gasteiger partial charge in [0.25, 0.3) is 0 Å². The molecule has 112 valence electrons. The van der Waals surface area contributed by atoms with Crippen LogP contribution in [0.4, 0.5) is 14.6 Å². The summed E-state index contributed by atoms with van der Waals surface area (Å²) in [5.41, 5.74) is 6.45. The Hall–Kier alpha value is -2.64. The second kappa shape index (κ2) is 5.78. The number of anilines is 1. The van der Waals surface area contributed by atoms with Crippen LogP contribution < -0.4 is 10.5 Å². The minimum absolute atomic E-state index is 0.00269. The third-order valence-electron chi connectivity index (χ3n) is 2.78. The number of hydrogen-bond acceptors (Lipinski definition) is 5. The zero-order valence-electron chi connectivity index (χ0n) is 11.3. The average Bonchev–Trinajstić information content (AvgIpc) is 2.74. The summed E-state index contributed by atoms with van der Waals surface area (Å²) in [6.07, 6.45) is 0. The molecule has 2 rings (SSSR count). The van der Waals surface area contributed by atoms with Crippen molar-refractivity contribution >= 4 is 11.8 Å². The van der Waals surface area contributed by atoms with Crippen molar-refractivity contribution in [1.82, 2.24) is 9.55 Å². The van der Waals surface area contributed by atoms with Crippen LogP contribution in [0, 0.1) is 6.92 Å². The lowest BCUT2D eigenvalue weighted by Gasteiger charge is -2.09. The Kier molecular flexibility index (Phi) is 4.06. The molecule has 2 N–H and O–H groups in total. The number of nitrogens with zero attached hydrogens (tertiary/aromatic N) is 2. The lowest BCUT2D eigenvalue weighted by Crippen LogP contribution is -2.08. The van der Waals surface area contributed by atoms with Crippen molar-refractivity contribution in [1.29, 1.82) is 0 Å². The van der Waals surface area contributed by atoms with Gasteiger partial charge >= 0.3 is 12.6 Å². The molecule has 0 unspecified atom stereocenters. The van der Waals surface area contributed by atoms with Gasteiger partial charge < -0.3 is 15.2 Å². The number of aromatic nitrogens is 2. The highest BCUT2D eigenvalue weighted by molar-refractivity contribution is 5.92. The molecule has 1 heterocycles. The van der Waals surface area contributed by atoms with Crippen LogP contribution in [0.25, 0.3) is 5.69 Å². The van der Waals surface area contributed by atoms with Crippen LogP contribution in [-0.4, -0.2) is 29.2 Å². The molecule has 0 aliphatic carbocycles. The number of carbonyl (C=O) groups is 1. The first-order valence-corrected chi connectivity index (χ1v) is 5.92. The molecule has 21 heavy (non-hydrogen) atoms. The molecule has 0 fully saturated rings. The summed E-state index contributed by atoms with van der Waals surface area (Å²) >= 11 is 0. The molecule has 0 aliphatic rings. The minimum Gasteiger partial charge on any atom is -0.464 e. The van der Waals surface area contributed by atoms with Crippen molar-refractivity contribution in [2.45, 2.75) is 13.5 Å². The largest absolute Gasteiger partial charge is 0.464 e. The molecule has 0 radical (unpaired) electrons. The van der Waals surface area contributed by atoms with Gasteiger partial charge in [-0.3, -0.25) is 4.57 Å². The quantitative estimate of drug-likeness (QED) is 0.875. The summed E-state index contributed by atoms with van der Waals surface area (Å²) in [6.45, 7) is -1.23. The molecule has 8 heteroatoms. The number of carbonyl (C=O) groups excluding carboxylic acids is 1. The number of nitrogens with two attached hydrogens (primary N) is 1. The lowest BCUT2D eigenvalue weighted by atomic mass is 10.3. The summed E-state index contributed by atoms with van der Waals surface area (Å²) < 4.78 is 34.6. The van der Waals surface area contributed by atoms with E-state index in [-0.39, 0.29) is 17.3 Å². The monoisotopic (exact) mass is 297 g/mol. The number of alkyl halides is 2. The van der Waals surface area contributed by atoms with E-state index in [4.69, 9.17) is 5.73 Å². The zero-order valence-corrected chi connectivity index (χ0v) is 11.3. The first-order chi connectivity index (χ1) is 9.93. The maximum atomic E-state index is 12.1. The van der Waals surface area contributed by atoms with Crippen LogP contribution in [0.15, 0.2) is 24.3 Å². The van der Waals surface area contributed by atoms with Crippen molar-refractivity contribution in [3.63, 3.8) is 0 Å². The van der Waals surface area contributed by atoms with Gasteiger partial charge in [0.2, 0.25) is 0 Å². The number of benzene rings is 1. The number of hydrogen-bond donors (Lipinski definition) is 1. The molecular formula is C13H13F2N3O3. The van der Waals surface area contributed by atoms with Crippen molar-refractivity contribution in [2.24, 2.45) is 0 Å². The predicted octanol–water partition coefficient (Wildman–Crippen LogP) is 2.15. The van der Waals surface area contributed by atoms with Crippen LogP contribution in [0.5, 0.6) is 5.75 Å². The minimum atomic E-state index is -2.89. The van der Waals surface area contributed by atoms with Gasteiger partial charge in [-0.05, 0) is 31.2 Å². The maximum absolute atomic E-state index is 12.1. The van der Waals surface area contributed by atoms with Crippen molar-refractivity contribution in [2.75, 3.05) is 12.8 Å². The van der Waals surface area contributed by atoms with E-state index in [0.717, 1.165) is 0 Å². The standard InChI is InChI=1S/C13H13F2N3O3/c1-7-17-10(12(19)20-2)11(16)18(7)8-3-5-9(6-4-8)21-13(14)15/h3-6,13H,16H2,1-2H3. The molecule has 0 aliphatic heterocycles. The first kappa shape index (κ1) is 14.8. The Bertz CT molecular complexity index is 653. The van der Waals surface area contributed by atoms with Gasteiger partial charge in [0.05, 0.1) is 7.11 Å². The van der Waals surface area contributed by atoms with E-state index in [1.807, 2.05) is 0 Å². The van der Waals surface area contributed by atoms with Gasteiger partial charge in [-0.2, -0.15) is 8.78 Å². The van der Waals surface area contributed by atoms with Gasteiger partial charge in [0.1, 0.15) is 17.4 Å². The Balaban J connectivity index is 2.38. The highest BCUT2D eigenvalue weighted by Crippen LogP contribution is 2.23. The summed E-state index contributed by atoms with van der Waals surface area (Å²) in [4.78, 5) is 15.6. The van der Waals surface area contributed by atoms with E-state index in [2.05, 4.69) is 14.5 Å². The smallest absolute Gasteiger partial charge is 0.387 e. The number of methoxy groups -OCH3 is 1. The summed E-state index contributed by atoms with van der Waals surface area (Å²) in [5.74, 6) is -0.0393. The highest BCUT2D eigenvalue weighted by Gasteiger charge is 2.20. The van der Waals surface area contributed by atoms with Gasteiger partial charge in [0.15, 0.2) is 5.69 Å². The molecule has 0 spiro atoms. The number of esters is 1. The van der Waals surface area contributed by atoms with E-state index >= 15 is 0 Å². The van der Waals surface area contributed by atoms with Crippen LogP contribution in [0.1, 0.15) is 16.3 Å². The zero-order chi connectivity index (χ0) is 15.6. The van der Waals surface area contributed by atoms with Crippen molar-refractivity contribution < 1.29 is 23.0 Å². The molecule has 0 bridgehead atoms. The third kappa shape index (κ3) is 2.93.